The fraction of sp³-hybridized carbons (Fsp3) is 0.281. The Morgan fingerprint density at radius 2 is 1.41 bits per heavy atom. The molecule has 5 nitrogen and oxygen atoms in total. The summed E-state index contributed by atoms with van der Waals surface area (Å²) in [7, 11) is -4.58. The molecule has 2 aliphatic rings. The number of carbonyl (C=O) groups is 1. The molecule has 6 rings (SSSR count). The maximum absolute atomic E-state index is 14.3. The fourth-order valence-corrected chi connectivity index (χ4v) is 12.1. The third-order valence-electron chi connectivity index (χ3n) is 7.76. The molecule has 0 radical (unpaired) electrons. The maximum Gasteiger partial charge on any atom is 0.471 e. The Kier molecular flexibility index (Phi) is 5.83. The van der Waals surface area contributed by atoms with E-state index in [1.54, 1.807) is 4.90 Å². The zero-order chi connectivity index (χ0) is 27.7. The number of carbonyl (C=O) groups excluding carboxylic acids is 1. The lowest BCUT2D eigenvalue weighted by Crippen LogP contribution is -2.63. The number of hydrogen-bond acceptors (Lipinski definition) is 4. The quantitative estimate of drug-likeness (QED) is 0.241. The van der Waals surface area contributed by atoms with Gasteiger partial charge in [0.1, 0.15) is 11.5 Å². The van der Waals surface area contributed by atoms with Crippen molar-refractivity contribution >= 4 is 41.7 Å². The molecule has 1 amide bonds. The Hall–Kier alpha value is -3.42. The van der Waals surface area contributed by atoms with Crippen molar-refractivity contribution in [1.82, 2.24) is 0 Å². The van der Waals surface area contributed by atoms with Crippen LogP contribution in [-0.4, -0.2) is 18.7 Å². The topological polar surface area (TPSA) is 55.8 Å². The summed E-state index contributed by atoms with van der Waals surface area (Å²) in [4.78, 5) is 17.2. The van der Waals surface area contributed by atoms with Crippen molar-refractivity contribution in [2.75, 3.05) is 4.90 Å². The van der Waals surface area contributed by atoms with E-state index in [9.17, 15) is 9.00 Å². The van der Waals surface area contributed by atoms with Gasteiger partial charge in [0.2, 0.25) is 0 Å². The number of hydrogen-bond donors (Lipinski definition) is 0. The van der Waals surface area contributed by atoms with E-state index in [4.69, 9.17) is 8.85 Å². The molecular weight excluding hydrogens is 523 g/mol. The van der Waals surface area contributed by atoms with Gasteiger partial charge in [-0.25, -0.2) is 4.21 Å². The van der Waals surface area contributed by atoms with Gasteiger partial charge in [-0.2, -0.15) is 0 Å². The first-order chi connectivity index (χ1) is 18.4. The molecule has 0 N–H and O–H groups in total. The van der Waals surface area contributed by atoms with Crippen LogP contribution in [0.2, 0.25) is 10.1 Å². The third-order valence-corrected chi connectivity index (χ3v) is 14.2. The highest BCUT2D eigenvalue weighted by Gasteiger charge is 2.64. The van der Waals surface area contributed by atoms with Gasteiger partial charge < -0.3 is 13.8 Å². The predicted molar refractivity (Wildman–Crippen MR) is 158 cm³/mol. The van der Waals surface area contributed by atoms with Gasteiger partial charge in [-0.3, -0.25) is 4.79 Å². The Labute approximate surface area is 233 Å². The van der Waals surface area contributed by atoms with E-state index >= 15 is 0 Å². The zero-order valence-corrected chi connectivity index (χ0v) is 25.0. The smallest absolute Gasteiger partial charge is 0.471 e. The molecule has 2 heterocycles. The molecule has 4 aromatic rings. The summed E-state index contributed by atoms with van der Waals surface area (Å²) in [5, 5.41) is 0.989. The van der Waals surface area contributed by atoms with Gasteiger partial charge >= 0.3 is 8.56 Å². The lowest BCUT2D eigenvalue weighted by atomic mass is 10.00. The van der Waals surface area contributed by atoms with Gasteiger partial charge in [0.05, 0.1) is 33.2 Å². The number of anilines is 1. The van der Waals surface area contributed by atoms with Crippen LogP contribution in [0.1, 0.15) is 57.5 Å². The molecule has 0 fully saturated rings. The highest BCUT2D eigenvalue weighted by atomic mass is 32.2. The van der Waals surface area contributed by atoms with Crippen molar-refractivity contribution in [2.24, 2.45) is 0 Å². The van der Waals surface area contributed by atoms with E-state index in [2.05, 4.69) is 41.5 Å². The molecular formula is C32H33NO4SSi. The highest BCUT2D eigenvalue weighted by molar-refractivity contribution is 7.85. The molecule has 4 aromatic carbocycles. The van der Waals surface area contributed by atoms with Crippen LogP contribution in [0.15, 0.2) is 88.7 Å². The second-order valence-corrected chi connectivity index (χ2v) is 18.4. The summed E-state index contributed by atoms with van der Waals surface area (Å²) >= 11 is 0. The van der Waals surface area contributed by atoms with Crippen LogP contribution in [0.4, 0.5) is 5.69 Å². The van der Waals surface area contributed by atoms with E-state index in [1.807, 2.05) is 78.9 Å². The maximum atomic E-state index is 14.3. The van der Waals surface area contributed by atoms with Crippen molar-refractivity contribution in [1.29, 1.82) is 0 Å². The molecule has 0 spiro atoms. The number of fused-ring (bicyclic) bond motifs is 2. The summed E-state index contributed by atoms with van der Waals surface area (Å²) in [6, 6.07) is 24.8. The standard InChI is InChI=1S/C32H33NO4SSi/c1-31(2,3)39(32(4,5)6)36-25-19-13-18-23-26(25)28(37-39)24-20-33(21-14-9-7-10-15-21)30(34)27(24)29(23)38(35)22-16-11-8-12-17-22/h7-19H,20H2,1-6H3. The number of benzene rings is 4. The largest absolute Gasteiger partial charge is 0.511 e. The average molecular weight is 556 g/mol. The Balaban J connectivity index is 1.69. The van der Waals surface area contributed by atoms with E-state index < -0.39 is 19.4 Å². The molecule has 0 aliphatic carbocycles. The van der Waals surface area contributed by atoms with Crippen LogP contribution < -0.4 is 13.8 Å². The molecule has 1 atom stereocenters. The fourth-order valence-electron chi connectivity index (χ4n) is 6.16. The second-order valence-electron chi connectivity index (χ2n) is 12.3. The second kappa shape index (κ2) is 8.79. The van der Waals surface area contributed by atoms with Gasteiger partial charge in [0.15, 0.2) is 0 Å². The number of rotatable bonds is 3. The zero-order valence-electron chi connectivity index (χ0n) is 23.2. The van der Waals surface area contributed by atoms with Crippen molar-refractivity contribution in [3.8, 4) is 11.5 Å². The summed E-state index contributed by atoms with van der Waals surface area (Å²) in [5.74, 6) is 1.29. The molecule has 39 heavy (non-hydrogen) atoms. The van der Waals surface area contributed by atoms with Crippen molar-refractivity contribution in [3.05, 3.63) is 90.0 Å². The molecule has 0 aromatic heterocycles. The average Bonchev–Trinajstić information content (AvgIpc) is 3.25. The minimum absolute atomic E-state index is 0.159. The molecule has 7 heteroatoms. The Bertz CT molecular complexity index is 1620. The van der Waals surface area contributed by atoms with Crippen molar-refractivity contribution in [3.63, 3.8) is 0 Å². The summed E-state index contributed by atoms with van der Waals surface area (Å²) in [5.41, 5.74) is 2.07. The monoisotopic (exact) mass is 555 g/mol. The van der Waals surface area contributed by atoms with E-state index in [-0.39, 0.29) is 16.0 Å². The first kappa shape index (κ1) is 25.8. The number of para-hydroxylation sites is 1. The molecule has 0 bridgehead atoms. The van der Waals surface area contributed by atoms with Gasteiger partial charge in [-0.1, -0.05) is 90.1 Å². The summed E-state index contributed by atoms with van der Waals surface area (Å²) in [6.45, 7) is 13.4. The number of amides is 1. The van der Waals surface area contributed by atoms with Gasteiger partial charge in [0.25, 0.3) is 5.91 Å². The van der Waals surface area contributed by atoms with Crippen molar-refractivity contribution in [2.45, 2.75) is 68.0 Å². The van der Waals surface area contributed by atoms with Crippen LogP contribution in [0, 0.1) is 0 Å². The van der Waals surface area contributed by atoms with Crippen LogP contribution in [0.25, 0.3) is 10.8 Å². The van der Waals surface area contributed by atoms with Gasteiger partial charge in [-0.15, -0.1) is 0 Å². The van der Waals surface area contributed by atoms with E-state index in [0.29, 0.717) is 27.6 Å². The van der Waals surface area contributed by atoms with Gasteiger partial charge in [-0.05, 0) is 30.3 Å². The Morgan fingerprint density at radius 1 is 0.795 bits per heavy atom. The first-order valence-corrected chi connectivity index (χ1v) is 16.2. The van der Waals surface area contributed by atoms with Crippen LogP contribution in [-0.2, 0) is 17.3 Å². The SMILES string of the molecule is CC(C)(C)[Si]1(C(C)(C)C)Oc2cccc3c(S(=O)c4ccccc4)c4c(c(c23)O1)CN(c1ccccc1)C4=O. The molecule has 0 saturated heterocycles. The van der Waals surface area contributed by atoms with Crippen LogP contribution >= 0.6 is 0 Å². The normalized spacial score (nSPS) is 17.0. The van der Waals surface area contributed by atoms with Crippen LogP contribution in [0.5, 0.6) is 11.5 Å². The molecule has 200 valence electrons. The summed E-state index contributed by atoms with van der Waals surface area (Å²) in [6.07, 6.45) is 0. The van der Waals surface area contributed by atoms with E-state index in [1.165, 1.54) is 0 Å². The molecule has 0 saturated carbocycles. The van der Waals surface area contributed by atoms with Crippen molar-refractivity contribution < 1.29 is 17.9 Å². The third kappa shape index (κ3) is 3.78. The van der Waals surface area contributed by atoms with E-state index in [0.717, 1.165) is 27.8 Å². The number of nitrogens with zero attached hydrogens (tertiary/aromatic N) is 1. The lowest BCUT2D eigenvalue weighted by molar-refractivity contribution is 0.0994. The predicted octanol–water partition coefficient (Wildman–Crippen LogP) is 7.98. The molecule has 2 aliphatic heterocycles. The van der Waals surface area contributed by atoms with Gasteiger partial charge in [0, 0.05) is 31.6 Å². The van der Waals surface area contributed by atoms with Crippen LogP contribution in [0.3, 0.4) is 0 Å². The summed E-state index contributed by atoms with van der Waals surface area (Å²) < 4.78 is 28.4. The minimum Gasteiger partial charge on any atom is -0.511 e. The molecule has 1 unspecified atom stereocenters. The lowest BCUT2D eigenvalue weighted by Gasteiger charge is -2.50. The highest BCUT2D eigenvalue weighted by Crippen LogP contribution is 2.59. The Morgan fingerprint density at radius 3 is 2.03 bits per heavy atom. The first-order valence-electron chi connectivity index (χ1n) is 13.3. The minimum atomic E-state index is -2.99.